The monoisotopic (exact) mass is 426 g/mol. The van der Waals surface area contributed by atoms with Crippen LogP contribution in [0.5, 0.6) is 0 Å². The van der Waals surface area contributed by atoms with Gasteiger partial charge in [-0.05, 0) is 42.4 Å². The first-order valence-electron chi connectivity index (χ1n) is 8.33. The zero-order valence-corrected chi connectivity index (χ0v) is 16.5. The lowest BCUT2D eigenvalue weighted by atomic mass is 10.1. The van der Waals surface area contributed by atoms with Gasteiger partial charge < -0.3 is 28.0 Å². The van der Waals surface area contributed by atoms with E-state index in [9.17, 15) is 19.2 Å². The third kappa shape index (κ3) is 4.23. The van der Waals surface area contributed by atoms with E-state index in [4.69, 9.17) is 18.3 Å². The molecular formula is C18H18O8S2. The largest absolute Gasteiger partial charge is 0.616 e. The molecule has 28 heavy (non-hydrogen) atoms. The van der Waals surface area contributed by atoms with E-state index < -0.39 is 34.5 Å². The molecular weight excluding hydrogens is 408 g/mol. The molecule has 0 spiro atoms. The van der Waals surface area contributed by atoms with Crippen LogP contribution in [0.25, 0.3) is 0 Å². The van der Waals surface area contributed by atoms with Gasteiger partial charge in [-0.1, -0.05) is 0 Å². The first-order valence-corrected chi connectivity index (χ1v) is 10.8. The quantitative estimate of drug-likeness (QED) is 0.476. The minimum atomic E-state index is -1.98. The average Bonchev–Trinajstić information content (AvgIpc) is 3.38. The predicted octanol–water partition coefficient (Wildman–Crippen LogP) is 2.68. The number of cyclic esters (lactones) is 1. The molecule has 2 aromatic rings. The Bertz CT molecular complexity index is 843. The van der Waals surface area contributed by atoms with Crippen molar-refractivity contribution in [3.8, 4) is 0 Å². The summed E-state index contributed by atoms with van der Waals surface area (Å²) in [6.07, 6.45) is 2.93. The van der Waals surface area contributed by atoms with Crippen molar-refractivity contribution < 1.29 is 37.6 Å². The SMILES string of the molecule is CCOC(=O)C1(C[S+]([O-])Cc2ccco2)OC(=O)C(O)=C1SCc1ccco1. The summed E-state index contributed by atoms with van der Waals surface area (Å²) in [5.41, 5.74) is -1.98. The van der Waals surface area contributed by atoms with Crippen molar-refractivity contribution in [1.29, 1.82) is 0 Å². The zero-order valence-electron chi connectivity index (χ0n) is 14.9. The van der Waals surface area contributed by atoms with Crippen LogP contribution in [0.1, 0.15) is 18.4 Å². The molecule has 1 aliphatic heterocycles. The minimum Gasteiger partial charge on any atom is -0.616 e. The molecule has 2 unspecified atom stereocenters. The number of aliphatic hydroxyl groups is 1. The van der Waals surface area contributed by atoms with E-state index in [0.29, 0.717) is 11.5 Å². The molecule has 0 saturated heterocycles. The van der Waals surface area contributed by atoms with Crippen molar-refractivity contribution in [3.05, 3.63) is 59.0 Å². The maximum atomic E-state index is 12.7. The lowest BCUT2D eigenvalue weighted by molar-refractivity contribution is -0.170. The summed E-state index contributed by atoms with van der Waals surface area (Å²) in [7, 11) is 0. The van der Waals surface area contributed by atoms with Crippen LogP contribution in [0.15, 0.2) is 56.3 Å². The van der Waals surface area contributed by atoms with Gasteiger partial charge in [0.1, 0.15) is 5.76 Å². The van der Waals surface area contributed by atoms with Crippen LogP contribution in [0.2, 0.25) is 0 Å². The highest BCUT2D eigenvalue weighted by Crippen LogP contribution is 2.43. The highest BCUT2D eigenvalue weighted by molar-refractivity contribution is 8.02. The molecule has 0 bridgehead atoms. The van der Waals surface area contributed by atoms with Crippen molar-refractivity contribution in [1.82, 2.24) is 0 Å². The summed E-state index contributed by atoms with van der Waals surface area (Å²) < 4.78 is 33.4. The predicted molar refractivity (Wildman–Crippen MR) is 101 cm³/mol. The lowest BCUT2D eigenvalue weighted by Gasteiger charge is -2.27. The number of furan rings is 2. The maximum absolute atomic E-state index is 12.7. The van der Waals surface area contributed by atoms with E-state index in [1.807, 2.05) is 0 Å². The smallest absolute Gasteiger partial charge is 0.376 e. The molecule has 1 N–H and O–H groups in total. The lowest BCUT2D eigenvalue weighted by Crippen LogP contribution is -2.48. The van der Waals surface area contributed by atoms with E-state index in [1.165, 1.54) is 12.5 Å². The molecule has 0 amide bonds. The van der Waals surface area contributed by atoms with E-state index >= 15 is 0 Å². The van der Waals surface area contributed by atoms with Gasteiger partial charge in [-0.3, -0.25) is 0 Å². The van der Waals surface area contributed by atoms with Crippen molar-refractivity contribution >= 4 is 34.9 Å². The molecule has 150 valence electrons. The number of carbonyl (C=O) groups is 2. The summed E-state index contributed by atoms with van der Waals surface area (Å²) in [4.78, 5) is 24.8. The molecule has 8 nitrogen and oxygen atoms in total. The first-order chi connectivity index (χ1) is 13.5. The van der Waals surface area contributed by atoms with Gasteiger partial charge in [0.05, 0.1) is 29.8 Å². The van der Waals surface area contributed by atoms with Gasteiger partial charge in [-0.15, -0.1) is 11.8 Å². The molecule has 1 aliphatic rings. The van der Waals surface area contributed by atoms with Gasteiger partial charge in [0.2, 0.25) is 5.76 Å². The van der Waals surface area contributed by atoms with Crippen LogP contribution in [0.4, 0.5) is 0 Å². The second kappa shape index (κ2) is 8.80. The van der Waals surface area contributed by atoms with Crippen molar-refractivity contribution in [2.45, 2.75) is 24.0 Å². The van der Waals surface area contributed by atoms with Crippen LogP contribution in [-0.4, -0.2) is 39.6 Å². The fourth-order valence-electron chi connectivity index (χ4n) is 2.63. The molecule has 2 aromatic heterocycles. The van der Waals surface area contributed by atoms with Gasteiger partial charge in [0.25, 0.3) is 5.60 Å². The van der Waals surface area contributed by atoms with Gasteiger partial charge >= 0.3 is 11.9 Å². The number of thioether (sulfide) groups is 1. The Hall–Kier alpha value is -2.30. The van der Waals surface area contributed by atoms with Crippen LogP contribution in [0.3, 0.4) is 0 Å². The fourth-order valence-corrected chi connectivity index (χ4v) is 5.18. The Kier molecular flexibility index (Phi) is 6.42. The van der Waals surface area contributed by atoms with E-state index in [2.05, 4.69) is 0 Å². The standard InChI is InChI=1S/C18H18O8S2/c1-2-23-17(21)18(11-28(22)10-13-6-4-8-25-13)15(14(19)16(20)26-18)27-9-12-5-3-7-24-12/h3-8,19H,2,9-11H2,1H3. The highest BCUT2D eigenvalue weighted by atomic mass is 32.2. The summed E-state index contributed by atoms with van der Waals surface area (Å²) in [5, 5.41) is 10.2. The summed E-state index contributed by atoms with van der Waals surface area (Å²) >= 11 is -0.651. The van der Waals surface area contributed by atoms with Crippen LogP contribution in [0, 0.1) is 0 Å². The Morgan fingerprint density at radius 3 is 2.57 bits per heavy atom. The third-order valence-corrected chi connectivity index (χ3v) is 6.41. The molecule has 10 heteroatoms. The van der Waals surface area contributed by atoms with Crippen molar-refractivity contribution in [2.75, 3.05) is 12.4 Å². The second-order valence-electron chi connectivity index (χ2n) is 5.79. The maximum Gasteiger partial charge on any atom is 0.376 e. The van der Waals surface area contributed by atoms with Crippen LogP contribution < -0.4 is 0 Å². The molecule has 2 atom stereocenters. The number of ether oxygens (including phenoxy) is 2. The molecule has 0 radical (unpaired) electrons. The molecule has 3 heterocycles. The van der Waals surface area contributed by atoms with Gasteiger partial charge in [-0.25, -0.2) is 9.59 Å². The third-order valence-electron chi connectivity index (χ3n) is 3.83. The molecule has 0 aliphatic carbocycles. The summed E-state index contributed by atoms with van der Waals surface area (Å²) in [6.45, 7) is 1.63. The van der Waals surface area contributed by atoms with Crippen LogP contribution >= 0.6 is 11.8 Å². The Morgan fingerprint density at radius 1 is 1.29 bits per heavy atom. The molecule has 3 rings (SSSR count). The number of hydrogen-bond donors (Lipinski definition) is 1. The van der Waals surface area contributed by atoms with Gasteiger partial charge in [-0.2, -0.15) is 0 Å². The van der Waals surface area contributed by atoms with E-state index in [-0.39, 0.29) is 28.8 Å². The van der Waals surface area contributed by atoms with E-state index in [1.54, 1.807) is 31.2 Å². The topological polar surface area (TPSA) is 122 Å². The Morgan fingerprint density at radius 2 is 1.96 bits per heavy atom. The Balaban J connectivity index is 1.87. The van der Waals surface area contributed by atoms with Crippen molar-refractivity contribution in [3.63, 3.8) is 0 Å². The second-order valence-corrected chi connectivity index (χ2v) is 8.23. The zero-order chi connectivity index (χ0) is 20.1. The molecule has 0 saturated carbocycles. The fraction of sp³-hybridized carbons (Fsp3) is 0.333. The number of esters is 2. The molecule has 0 fully saturated rings. The summed E-state index contributed by atoms with van der Waals surface area (Å²) in [5.74, 6) is -1.74. The number of carbonyl (C=O) groups excluding carboxylic acids is 2. The minimum absolute atomic E-state index is 0.0165. The van der Waals surface area contributed by atoms with Crippen LogP contribution in [-0.2, 0) is 41.7 Å². The van der Waals surface area contributed by atoms with Crippen molar-refractivity contribution in [2.24, 2.45) is 0 Å². The highest BCUT2D eigenvalue weighted by Gasteiger charge is 2.59. The number of rotatable bonds is 9. The van der Waals surface area contributed by atoms with Gasteiger partial charge in [0.15, 0.2) is 17.3 Å². The van der Waals surface area contributed by atoms with E-state index in [0.717, 1.165) is 11.8 Å². The van der Waals surface area contributed by atoms with Gasteiger partial charge in [0, 0.05) is 0 Å². The average molecular weight is 426 g/mol. The summed E-state index contributed by atoms with van der Waals surface area (Å²) in [6, 6.07) is 6.70. The normalized spacial score (nSPS) is 20.3. The molecule has 0 aromatic carbocycles. The number of aliphatic hydroxyl groups excluding tert-OH is 1. The number of hydrogen-bond acceptors (Lipinski definition) is 9. The first kappa shape index (κ1) is 20.4. The Labute approximate surface area is 168 Å².